The van der Waals surface area contributed by atoms with Crippen LogP contribution in [0.5, 0.6) is 0 Å². The summed E-state index contributed by atoms with van der Waals surface area (Å²) in [7, 11) is -1.29. The van der Waals surface area contributed by atoms with Gasteiger partial charge in [0.15, 0.2) is 11.0 Å². The van der Waals surface area contributed by atoms with E-state index in [1.165, 1.54) is 19.3 Å². The van der Waals surface area contributed by atoms with Crippen molar-refractivity contribution in [2.45, 2.75) is 55.9 Å². The van der Waals surface area contributed by atoms with Gasteiger partial charge in [0.25, 0.3) is 5.91 Å². The topological polar surface area (TPSA) is 37.4 Å². The average molecular weight is 277 g/mol. The van der Waals surface area contributed by atoms with Gasteiger partial charge in [-0.15, -0.1) is 0 Å². The van der Waals surface area contributed by atoms with Crippen molar-refractivity contribution >= 4 is 16.9 Å². The second-order valence-electron chi connectivity index (χ2n) is 5.38. The minimum atomic E-state index is -1.29. The Kier molecular flexibility index (Phi) is 3.69. The Balaban J connectivity index is 1.86. The highest BCUT2D eigenvalue weighted by Crippen LogP contribution is 2.32. The van der Waals surface area contributed by atoms with Crippen molar-refractivity contribution < 1.29 is 9.00 Å². The molecule has 1 heterocycles. The van der Waals surface area contributed by atoms with E-state index in [9.17, 15) is 9.00 Å². The van der Waals surface area contributed by atoms with Crippen molar-refractivity contribution in [3.63, 3.8) is 0 Å². The fraction of sp³-hybridized carbons (Fsp3) is 0.533. The van der Waals surface area contributed by atoms with Crippen LogP contribution in [-0.4, -0.2) is 20.5 Å². The van der Waals surface area contributed by atoms with Crippen molar-refractivity contribution in [3.8, 4) is 0 Å². The van der Waals surface area contributed by atoms with E-state index in [4.69, 9.17) is 0 Å². The number of hydrogen-bond donors (Lipinski definition) is 0. The molecule has 1 aliphatic carbocycles. The van der Waals surface area contributed by atoms with Crippen LogP contribution in [0, 0.1) is 0 Å². The van der Waals surface area contributed by atoms with E-state index in [0.29, 0.717) is 10.5 Å². The van der Waals surface area contributed by atoms with E-state index < -0.39 is 11.0 Å². The third kappa shape index (κ3) is 2.34. The molecule has 0 N–H and O–H groups in total. The van der Waals surface area contributed by atoms with Gasteiger partial charge in [0.2, 0.25) is 0 Å². The van der Waals surface area contributed by atoms with Gasteiger partial charge in [0.1, 0.15) is 0 Å². The Morgan fingerprint density at radius 2 is 1.63 bits per heavy atom. The Bertz CT molecular complexity index is 472. The van der Waals surface area contributed by atoms with Crippen LogP contribution in [0.15, 0.2) is 29.2 Å². The van der Waals surface area contributed by atoms with Crippen LogP contribution in [0.3, 0.4) is 0 Å². The zero-order chi connectivity index (χ0) is 13.2. The van der Waals surface area contributed by atoms with Crippen molar-refractivity contribution in [3.05, 3.63) is 29.8 Å². The van der Waals surface area contributed by atoms with Crippen LogP contribution in [0.2, 0.25) is 0 Å². The zero-order valence-corrected chi connectivity index (χ0v) is 11.8. The molecule has 0 bridgehead atoms. The molecule has 0 aromatic heterocycles. The summed E-state index contributed by atoms with van der Waals surface area (Å²) in [5.74, 6) is -0.0421. The molecule has 1 unspecified atom stereocenters. The van der Waals surface area contributed by atoms with E-state index in [2.05, 4.69) is 0 Å². The Hall–Kier alpha value is -1.16. The monoisotopic (exact) mass is 277 g/mol. The second kappa shape index (κ2) is 5.45. The number of benzene rings is 1. The maximum Gasteiger partial charge on any atom is 0.267 e. The molecule has 1 amide bonds. The molecule has 0 saturated heterocycles. The quantitative estimate of drug-likeness (QED) is 0.790. The van der Waals surface area contributed by atoms with Crippen LogP contribution >= 0.6 is 0 Å². The smallest absolute Gasteiger partial charge is 0.267 e. The molecule has 3 rings (SSSR count). The maximum atomic E-state index is 12.5. The number of carbonyl (C=O) groups excluding carboxylic acids is 1. The Labute approximate surface area is 116 Å². The van der Waals surface area contributed by atoms with E-state index >= 15 is 0 Å². The lowest BCUT2D eigenvalue weighted by molar-refractivity contribution is 0.0822. The molecule has 1 fully saturated rings. The van der Waals surface area contributed by atoms with Gasteiger partial charge in [0.05, 0.1) is 10.5 Å². The molecule has 19 heavy (non-hydrogen) atoms. The van der Waals surface area contributed by atoms with Crippen LogP contribution < -0.4 is 0 Å². The van der Waals surface area contributed by atoms with E-state index in [0.717, 1.165) is 25.7 Å². The number of fused-ring (bicyclic) bond motifs is 1. The van der Waals surface area contributed by atoms with Crippen molar-refractivity contribution in [1.29, 1.82) is 0 Å². The first-order valence-corrected chi connectivity index (χ1v) is 8.24. The minimum Gasteiger partial charge on any atom is -0.268 e. The zero-order valence-electron chi connectivity index (χ0n) is 11.0. The summed E-state index contributed by atoms with van der Waals surface area (Å²) in [5.41, 5.74) is 0.628. The number of hydrogen-bond acceptors (Lipinski definition) is 2. The van der Waals surface area contributed by atoms with Gasteiger partial charge in [0, 0.05) is 6.04 Å². The average Bonchev–Trinajstić information content (AvgIpc) is 2.64. The summed E-state index contributed by atoms with van der Waals surface area (Å²) in [6, 6.07) is 7.45. The lowest BCUT2D eigenvalue weighted by Crippen LogP contribution is -2.37. The number of rotatable bonds is 1. The standard InChI is InChI=1S/C15H19NO2S/c17-15-13-10-6-7-11-14(13)19(18)16(15)12-8-4-2-1-3-5-9-12/h6-7,10-12H,1-5,8-9H2. The molecule has 102 valence electrons. The normalized spacial score (nSPS) is 24.9. The minimum absolute atomic E-state index is 0.0421. The molecule has 1 aromatic rings. The summed E-state index contributed by atoms with van der Waals surface area (Å²) in [4.78, 5) is 13.1. The van der Waals surface area contributed by atoms with Crippen LogP contribution in [-0.2, 0) is 11.0 Å². The third-order valence-electron chi connectivity index (χ3n) is 4.09. The summed E-state index contributed by atoms with van der Waals surface area (Å²) in [6.07, 6.45) is 8.03. The molecular weight excluding hydrogens is 258 g/mol. The van der Waals surface area contributed by atoms with Crippen LogP contribution in [0.4, 0.5) is 0 Å². The van der Waals surface area contributed by atoms with E-state index in [-0.39, 0.29) is 11.9 Å². The highest BCUT2D eigenvalue weighted by Gasteiger charge is 2.38. The molecule has 2 aliphatic rings. The molecule has 1 saturated carbocycles. The summed E-state index contributed by atoms with van der Waals surface area (Å²) in [6.45, 7) is 0. The fourth-order valence-corrected chi connectivity index (χ4v) is 4.55. The predicted molar refractivity (Wildman–Crippen MR) is 75.1 cm³/mol. The fourth-order valence-electron chi connectivity index (χ4n) is 3.07. The highest BCUT2D eigenvalue weighted by molar-refractivity contribution is 7.84. The Morgan fingerprint density at radius 3 is 2.32 bits per heavy atom. The lowest BCUT2D eigenvalue weighted by Gasteiger charge is -2.27. The molecule has 1 aromatic carbocycles. The van der Waals surface area contributed by atoms with E-state index in [1.807, 2.05) is 18.2 Å². The SMILES string of the molecule is O=C1c2ccccc2S(=O)N1C1CCCCCCC1. The molecule has 3 nitrogen and oxygen atoms in total. The highest BCUT2D eigenvalue weighted by atomic mass is 32.2. The second-order valence-corrected chi connectivity index (χ2v) is 6.71. The number of nitrogens with zero attached hydrogens (tertiary/aromatic N) is 1. The maximum absolute atomic E-state index is 12.5. The first-order valence-electron chi connectivity index (χ1n) is 7.13. The van der Waals surface area contributed by atoms with Gasteiger partial charge >= 0.3 is 0 Å². The molecule has 0 radical (unpaired) electrons. The number of carbonyl (C=O) groups is 1. The number of amides is 1. The molecule has 0 spiro atoms. The Morgan fingerprint density at radius 1 is 1.00 bits per heavy atom. The third-order valence-corrected chi connectivity index (χ3v) is 5.64. The molecule has 1 atom stereocenters. The molecular formula is C15H19NO2S. The molecule has 1 aliphatic heterocycles. The van der Waals surface area contributed by atoms with Crippen LogP contribution in [0.25, 0.3) is 0 Å². The van der Waals surface area contributed by atoms with Gasteiger partial charge in [-0.2, -0.15) is 0 Å². The summed E-state index contributed by atoms with van der Waals surface area (Å²) < 4.78 is 14.2. The molecule has 4 heteroatoms. The van der Waals surface area contributed by atoms with Gasteiger partial charge in [-0.05, 0) is 25.0 Å². The largest absolute Gasteiger partial charge is 0.268 e. The first kappa shape index (κ1) is 12.9. The van der Waals surface area contributed by atoms with Gasteiger partial charge < -0.3 is 0 Å². The van der Waals surface area contributed by atoms with Crippen LogP contribution in [0.1, 0.15) is 55.3 Å². The van der Waals surface area contributed by atoms with Gasteiger partial charge in [-0.3, -0.25) is 9.10 Å². The first-order chi connectivity index (χ1) is 9.29. The summed E-state index contributed by atoms with van der Waals surface area (Å²) in [5, 5.41) is 0. The van der Waals surface area contributed by atoms with E-state index in [1.54, 1.807) is 10.4 Å². The van der Waals surface area contributed by atoms with Gasteiger partial charge in [-0.25, -0.2) is 4.21 Å². The summed E-state index contributed by atoms with van der Waals surface area (Å²) >= 11 is 0. The van der Waals surface area contributed by atoms with Crippen molar-refractivity contribution in [1.82, 2.24) is 4.31 Å². The van der Waals surface area contributed by atoms with Crippen molar-refractivity contribution in [2.24, 2.45) is 0 Å². The van der Waals surface area contributed by atoms with Gasteiger partial charge in [-0.1, -0.05) is 44.2 Å². The van der Waals surface area contributed by atoms with Crippen molar-refractivity contribution in [2.75, 3.05) is 0 Å². The predicted octanol–water partition coefficient (Wildman–Crippen LogP) is 3.28. The lowest BCUT2D eigenvalue weighted by atomic mass is 9.96.